The molecule has 5 aromatic rings. The van der Waals surface area contributed by atoms with Crippen molar-refractivity contribution in [2.75, 3.05) is 23.4 Å². The monoisotopic (exact) mass is 731 g/mol. The van der Waals surface area contributed by atoms with E-state index >= 15 is 0 Å². The molecule has 3 fully saturated rings. The van der Waals surface area contributed by atoms with Crippen molar-refractivity contribution in [1.82, 2.24) is 4.98 Å². The van der Waals surface area contributed by atoms with E-state index in [1.54, 1.807) is 43.0 Å². The molecular weight excluding hydrogens is 699 g/mol. The molecule has 4 aliphatic rings. The van der Waals surface area contributed by atoms with Crippen LogP contribution in [0, 0.1) is 29.6 Å². The predicted octanol–water partition coefficient (Wildman–Crippen LogP) is 6.46. The summed E-state index contributed by atoms with van der Waals surface area (Å²) in [6, 6.07) is 27.7. The standard InChI is InChI=1S/C40H33N3O7S2/c1-2-49-39(47)22-10-14-23(15-11-22)43-37(45)32-26-18-27(33(32)38(43)46)34-31(26)30(35-36(51-34)42-40(48)52-35)21-12-16-24(17-13-21)50-19-29(44)41-28-9-5-7-20-6-3-4-8-25(20)28/h3-17,26-27,30-34H,2,18-19H2,1H3,(H,41,44)(H,42,48)/t26-,27-,30+,31-,32+,33+,34-/m1/s1. The molecule has 7 atom stereocenters. The number of ether oxygens (including phenoxy) is 2. The fourth-order valence-corrected chi connectivity index (χ4v) is 11.9. The van der Waals surface area contributed by atoms with Crippen LogP contribution < -0.4 is 19.8 Å². The third-order valence-corrected chi connectivity index (χ3v) is 13.6. The Hall–Kier alpha value is -5.20. The largest absolute Gasteiger partial charge is 0.484 e. The molecule has 12 heteroatoms. The number of imide groups is 1. The summed E-state index contributed by atoms with van der Waals surface area (Å²) in [6.45, 7) is 1.82. The van der Waals surface area contributed by atoms with Gasteiger partial charge in [-0.2, -0.15) is 0 Å². The van der Waals surface area contributed by atoms with Gasteiger partial charge in [-0.25, -0.2) is 4.79 Å². The van der Waals surface area contributed by atoms with E-state index in [2.05, 4.69) is 10.3 Å². The molecule has 2 aliphatic carbocycles. The van der Waals surface area contributed by atoms with Gasteiger partial charge in [-0.1, -0.05) is 59.9 Å². The first-order valence-electron chi connectivity index (χ1n) is 17.4. The number of benzene rings is 4. The lowest BCUT2D eigenvalue weighted by Crippen LogP contribution is -2.42. The van der Waals surface area contributed by atoms with Crippen molar-refractivity contribution in [3.63, 3.8) is 0 Å². The normalized spacial score (nSPS) is 25.5. The third-order valence-electron chi connectivity index (χ3n) is 11.0. The number of thiazole rings is 1. The van der Waals surface area contributed by atoms with Gasteiger partial charge in [0.2, 0.25) is 11.8 Å². The minimum atomic E-state index is -0.456. The Morgan fingerprint density at radius 3 is 2.38 bits per heavy atom. The topological polar surface area (TPSA) is 135 Å². The molecule has 9 rings (SSSR count). The number of amides is 3. The minimum Gasteiger partial charge on any atom is -0.484 e. The van der Waals surface area contributed by atoms with Crippen LogP contribution in [0.1, 0.15) is 40.1 Å². The summed E-state index contributed by atoms with van der Waals surface area (Å²) >= 11 is 2.84. The number of aromatic amines is 1. The average Bonchev–Trinajstić information content (AvgIpc) is 3.90. The molecule has 2 bridgehead atoms. The quantitative estimate of drug-likeness (QED) is 0.137. The lowest BCUT2D eigenvalue weighted by molar-refractivity contribution is -0.123. The number of carbonyl (C=O) groups excluding carboxylic acids is 4. The number of aromatic nitrogens is 1. The fourth-order valence-electron chi connectivity index (χ4n) is 9.05. The zero-order valence-corrected chi connectivity index (χ0v) is 29.6. The van der Waals surface area contributed by atoms with Crippen molar-refractivity contribution >= 4 is 68.9 Å². The van der Waals surface area contributed by atoms with Crippen LogP contribution in [0.25, 0.3) is 10.8 Å². The minimum absolute atomic E-state index is 0.0211. The Morgan fingerprint density at radius 1 is 0.885 bits per heavy atom. The smallest absolute Gasteiger partial charge is 0.338 e. The van der Waals surface area contributed by atoms with Gasteiger partial charge in [-0.15, -0.1) is 11.8 Å². The van der Waals surface area contributed by atoms with Gasteiger partial charge in [-0.05, 0) is 84.5 Å². The van der Waals surface area contributed by atoms with Crippen LogP contribution in [0.3, 0.4) is 0 Å². The van der Waals surface area contributed by atoms with Crippen molar-refractivity contribution in [3.8, 4) is 5.75 Å². The Balaban J connectivity index is 0.950. The number of H-pyrrole nitrogens is 1. The highest BCUT2D eigenvalue weighted by Gasteiger charge is 2.69. The van der Waals surface area contributed by atoms with Gasteiger partial charge in [0.1, 0.15) is 5.75 Å². The van der Waals surface area contributed by atoms with E-state index in [1.807, 2.05) is 66.7 Å². The first-order valence-corrected chi connectivity index (χ1v) is 19.1. The second kappa shape index (κ2) is 12.8. The molecule has 262 valence electrons. The number of hydrogen-bond donors (Lipinski definition) is 2. The van der Waals surface area contributed by atoms with Crippen molar-refractivity contribution in [2.45, 2.75) is 29.5 Å². The van der Waals surface area contributed by atoms with Gasteiger partial charge in [-0.3, -0.25) is 24.1 Å². The number of hydrogen-bond acceptors (Lipinski definition) is 9. The molecule has 0 unspecified atom stereocenters. The summed E-state index contributed by atoms with van der Waals surface area (Å²) in [5.74, 6) is -1.65. The van der Waals surface area contributed by atoms with Crippen LogP contribution in [-0.2, 0) is 19.1 Å². The van der Waals surface area contributed by atoms with Gasteiger partial charge in [0.15, 0.2) is 6.61 Å². The molecule has 1 aromatic heterocycles. The highest BCUT2D eigenvalue weighted by atomic mass is 32.2. The number of nitrogens with zero attached hydrogens (tertiary/aromatic N) is 1. The Bertz CT molecular complexity index is 2310. The number of anilines is 2. The van der Waals surface area contributed by atoms with Gasteiger partial charge >= 0.3 is 10.8 Å². The number of nitrogens with one attached hydrogen (secondary N) is 2. The van der Waals surface area contributed by atoms with E-state index in [0.29, 0.717) is 17.0 Å². The molecule has 2 saturated carbocycles. The van der Waals surface area contributed by atoms with E-state index in [-0.39, 0.29) is 64.7 Å². The molecule has 3 heterocycles. The van der Waals surface area contributed by atoms with E-state index in [4.69, 9.17) is 9.47 Å². The summed E-state index contributed by atoms with van der Waals surface area (Å²) in [4.78, 5) is 71.0. The zero-order valence-electron chi connectivity index (χ0n) is 27.9. The fraction of sp³-hybridized carbons (Fsp3) is 0.275. The summed E-state index contributed by atoms with van der Waals surface area (Å²) in [5.41, 5.74) is 2.52. The number of rotatable bonds is 8. The summed E-state index contributed by atoms with van der Waals surface area (Å²) in [5, 5.41) is 5.81. The van der Waals surface area contributed by atoms with Gasteiger partial charge in [0.25, 0.3) is 5.91 Å². The molecule has 2 N–H and O–H groups in total. The van der Waals surface area contributed by atoms with E-state index in [0.717, 1.165) is 38.3 Å². The van der Waals surface area contributed by atoms with Crippen molar-refractivity contribution in [2.24, 2.45) is 29.6 Å². The molecule has 0 radical (unpaired) electrons. The van der Waals surface area contributed by atoms with Gasteiger partial charge in [0, 0.05) is 27.1 Å². The van der Waals surface area contributed by atoms with Crippen molar-refractivity contribution < 1.29 is 28.7 Å². The van der Waals surface area contributed by atoms with Crippen LogP contribution in [0.5, 0.6) is 5.75 Å². The van der Waals surface area contributed by atoms with E-state index < -0.39 is 17.8 Å². The first-order chi connectivity index (χ1) is 25.3. The predicted molar refractivity (Wildman–Crippen MR) is 198 cm³/mol. The molecule has 2 aliphatic heterocycles. The molecule has 10 nitrogen and oxygen atoms in total. The number of carbonyl (C=O) groups is 4. The molecular formula is C40H33N3O7S2. The van der Waals surface area contributed by atoms with Crippen LogP contribution in [0.2, 0.25) is 0 Å². The van der Waals surface area contributed by atoms with E-state index in [1.165, 1.54) is 16.2 Å². The lowest BCUT2D eigenvalue weighted by Gasteiger charge is -2.43. The average molecular weight is 732 g/mol. The summed E-state index contributed by atoms with van der Waals surface area (Å²) in [6.07, 6.45) is 0.771. The molecule has 3 amide bonds. The number of fused-ring (bicyclic) bond motifs is 10. The molecule has 52 heavy (non-hydrogen) atoms. The van der Waals surface area contributed by atoms with Crippen LogP contribution in [-0.4, -0.2) is 47.1 Å². The number of esters is 1. The maximum Gasteiger partial charge on any atom is 0.338 e. The Morgan fingerprint density at radius 2 is 1.62 bits per heavy atom. The Kier molecular flexibility index (Phi) is 8.04. The molecule has 1 saturated heterocycles. The Labute approximate surface area is 306 Å². The van der Waals surface area contributed by atoms with Crippen LogP contribution in [0.4, 0.5) is 11.4 Å². The van der Waals surface area contributed by atoms with Crippen molar-refractivity contribution in [3.05, 3.63) is 117 Å². The zero-order chi connectivity index (χ0) is 35.7. The summed E-state index contributed by atoms with van der Waals surface area (Å²) in [7, 11) is 0. The second-order valence-electron chi connectivity index (χ2n) is 13.7. The lowest BCUT2D eigenvalue weighted by atomic mass is 9.68. The SMILES string of the molecule is CCOC(=O)c1ccc(N2C(=O)[C@H]3[C@H]4C[C@@H]([C@@H]3C2=O)[C@@H]2[C@H](c3ccc(OCC(=O)Nc5cccc6ccccc56)cc3)c3sc(=O)[nH]c3S[C@H]42)cc1. The third kappa shape index (κ3) is 5.26. The maximum absolute atomic E-state index is 14.1. The highest BCUT2D eigenvalue weighted by Crippen LogP contribution is 2.68. The van der Waals surface area contributed by atoms with Crippen LogP contribution >= 0.6 is 23.1 Å². The van der Waals surface area contributed by atoms with Crippen LogP contribution in [0.15, 0.2) is 101 Å². The van der Waals surface area contributed by atoms with Gasteiger partial charge < -0.3 is 19.8 Å². The number of thioether (sulfide) groups is 1. The van der Waals surface area contributed by atoms with Crippen molar-refractivity contribution in [1.29, 1.82) is 0 Å². The van der Waals surface area contributed by atoms with Gasteiger partial charge in [0.05, 0.1) is 34.7 Å². The summed E-state index contributed by atoms with van der Waals surface area (Å²) < 4.78 is 11.0. The highest BCUT2D eigenvalue weighted by molar-refractivity contribution is 8.00. The van der Waals surface area contributed by atoms with E-state index in [9.17, 15) is 24.0 Å². The first kappa shape index (κ1) is 32.7. The second-order valence-corrected chi connectivity index (χ2v) is 15.9. The molecule has 4 aromatic carbocycles. The maximum atomic E-state index is 14.1. The molecule has 0 spiro atoms.